The molecule has 1 aromatic carbocycles. The molecule has 0 aliphatic carbocycles. The first kappa shape index (κ1) is 15.9. The zero-order valence-electron chi connectivity index (χ0n) is 9.68. The molecule has 0 radical (unpaired) electrons. The fraction of sp³-hybridized carbons (Fsp3) is 0.0909. The third-order valence-electron chi connectivity index (χ3n) is 2.14. The molecule has 2 rings (SSSR count). The van der Waals surface area contributed by atoms with Gasteiger partial charge in [0.05, 0.1) is 0 Å². The van der Waals surface area contributed by atoms with Crippen molar-refractivity contribution in [2.75, 3.05) is 0 Å². The summed E-state index contributed by atoms with van der Waals surface area (Å²) in [5.41, 5.74) is -1.37. The molecule has 112 valence electrons. The van der Waals surface area contributed by atoms with E-state index in [2.05, 4.69) is 25.9 Å². The van der Waals surface area contributed by atoms with E-state index in [-0.39, 0.29) is 4.47 Å². The highest BCUT2D eigenvalue weighted by molar-refractivity contribution is 9.10. The van der Waals surface area contributed by atoms with Gasteiger partial charge in [-0.05, 0) is 23.7 Å². The van der Waals surface area contributed by atoms with Crippen LogP contribution in [-0.4, -0.2) is 9.97 Å². The second-order valence-corrected chi connectivity index (χ2v) is 4.91. The van der Waals surface area contributed by atoms with Crippen molar-refractivity contribution in [3.8, 4) is 11.6 Å². The molecule has 2 aromatic rings. The van der Waals surface area contributed by atoms with Crippen LogP contribution in [0.2, 0.25) is 5.28 Å². The van der Waals surface area contributed by atoms with Gasteiger partial charge in [-0.3, -0.25) is 0 Å². The third-order valence-corrected chi connectivity index (χ3v) is 2.77. The predicted molar refractivity (Wildman–Crippen MR) is 66.2 cm³/mol. The number of alkyl halides is 3. The Morgan fingerprint density at radius 2 is 1.76 bits per heavy atom. The fourth-order valence-electron chi connectivity index (χ4n) is 1.31. The second-order valence-electron chi connectivity index (χ2n) is 3.66. The van der Waals surface area contributed by atoms with E-state index in [1.54, 1.807) is 0 Å². The Morgan fingerprint density at radius 1 is 1.10 bits per heavy atom. The number of halogens is 7. The predicted octanol–water partition coefficient (Wildman–Crippen LogP) is 4.98. The summed E-state index contributed by atoms with van der Waals surface area (Å²) in [5.74, 6) is -3.93. The molecule has 0 N–H and O–H groups in total. The second kappa shape index (κ2) is 5.72. The molecule has 0 saturated carbocycles. The van der Waals surface area contributed by atoms with Crippen LogP contribution in [0, 0.1) is 11.6 Å². The van der Waals surface area contributed by atoms with Crippen LogP contribution in [0.3, 0.4) is 0 Å². The van der Waals surface area contributed by atoms with Crippen molar-refractivity contribution in [3.05, 3.63) is 45.3 Å². The zero-order chi connectivity index (χ0) is 15.8. The van der Waals surface area contributed by atoms with E-state index >= 15 is 0 Å². The lowest BCUT2D eigenvalue weighted by atomic mass is 10.3. The number of hydrogen-bond donors (Lipinski definition) is 0. The molecule has 1 aromatic heterocycles. The van der Waals surface area contributed by atoms with E-state index in [4.69, 9.17) is 16.3 Å². The molecule has 0 amide bonds. The number of benzene rings is 1. The molecule has 21 heavy (non-hydrogen) atoms. The quantitative estimate of drug-likeness (QED) is 0.413. The highest BCUT2D eigenvalue weighted by Crippen LogP contribution is 2.33. The lowest BCUT2D eigenvalue weighted by molar-refractivity contribution is -0.141. The van der Waals surface area contributed by atoms with E-state index in [1.807, 2.05) is 0 Å². The Morgan fingerprint density at radius 3 is 2.38 bits per heavy atom. The van der Waals surface area contributed by atoms with Gasteiger partial charge >= 0.3 is 6.18 Å². The maximum Gasteiger partial charge on any atom is 0.433 e. The molecule has 0 fully saturated rings. The minimum atomic E-state index is -4.79. The first-order valence-corrected chi connectivity index (χ1v) is 6.28. The van der Waals surface area contributed by atoms with Gasteiger partial charge in [0.2, 0.25) is 17.0 Å². The molecule has 0 atom stereocenters. The molecule has 0 spiro atoms. The largest absolute Gasteiger partial charge is 0.436 e. The summed E-state index contributed by atoms with van der Waals surface area (Å²) in [6, 6.07) is 2.28. The average molecular weight is 390 g/mol. The lowest BCUT2D eigenvalue weighted by Gasteiger charge is -2.10. The standard InChI is InChI=1S/C11H3BrClF5N2O/c12-4-1-5(14)9(15)6(2-4)21-8-3-7(11(16,17)18)19-10(13)20-8/h1-3H. The highest BCUT2D eigenvalue weighted by atomic mass is 79.9. The topological polar surface area (TPSA) is 35.0 Å². The van der Waals surface area contributed by atoms with Crippen LogP contribution >= 0.6 is 27.5 Å². The summed E-state index contributed by atoms with van der Waals surface area (Å²) in [7, 11) is 0. The van der Waals surface area contributed by atoms with Gasteiger partial charge in [-0.2, -0.15) is 22.5 Å². The minimum Gasteiger partial charge on any atom is -0.436 e. The van der Waals surface area contributed by atoms with Gasteiger partial charge in [0.15, 0.2) is 17.3 Å². The molecule has 3 nitrogen and oxygen atoms in total. The fourth-order valence-corrected chi connectivity index (χ4v) is 1.90. The molecule has 0 aliphatic heterocycles. The van der Waals surface area contributed by atoms with Crippen molar-refractivity contribution in [2.24, 2.45) is 0 Å². The molecule has 0 unspecified atom stereocenters. The Labute approximate surface area is 127 Å². The van der Waals surface area contributed by atoms with Crippen molar-refractivity contribution in [1.82, 2.24) is 9.97 Å². The Hall–Kier alpha value is -1.48. The molecule has 1 heterocycles. The molecular weight excluding hydrogens is 386 g/mol. The first-order chi connectivity index (χ1) is 9.66. The van der Waals surface area contributed by atoms with E-state index < -0.39 is 40.4 Å². The smallest absolute Gasteiger partial charge is 0.433 e. The van der Waals surface area contributed by atoms with Crippen LogP contribution in [0.1, 0.15) is 5.69 Å². The summed E-state index contributed by atoms with van der Waals surface area (Å²) in [4.78, 5) is 6.35. The van der Waals surface area contributed by atoms with E-state index in [0.29, 0.717) is 6.07 Å². The van der Waals surface area contributed by atoms with Crippen LogP contribution in [0.25, 0.3) is 0 Å². The molecule has 10 heteroatoms. The summed E-state index contributed by atoms with van der Waals surface area (Å²) < 4.78 is 69.2. The normalized spacial score (nSPS) is 11.6. The van der Waals surface area contributed by atoms with Gasteiger partial charge in [-0.15, -0.1) is 0 Å². The Balaban J connectivity index is 2.43. The monoisotopic (exact) mass is 388 g/mol. The van der Waals surface area contributed by atoms with Crippen LogP contribution in [0.4, 0.5) is 22.0 Å². The highest BCUT2D eigenvalue weighted by Gasteiger charge is 2.34. The number of aromatic nitrogens is 2. The van der Waals surface area contributed by atoms with Crippen molar-refractivity contribution in [3.63, 3.8) is 0 Å². The Bertz CT molecular complexity index is 695. The van der Waals surface area contributed by atoms with Gasteiger partial charge in [0.25, 0.3) is 0 Å². The first-order valence-electron chi connectivity index (χ1n) is 5.11. The van der Waals surface area contributed by atoms with Gasteiger partial charge < -0.3 is 4.74 Å². The van der Waals surface area contributed by atoms with Crippen molar-refractivity contribution in [2.45, 2.75) is 6.18 Å². The molecule has 0 bridgehead atoms. The lowest BCUT2D eigenvalue weighted by Crippen LogP contribution is -2.09. The van der Waals surface area contributed by atoms with Crippen LogP contribution < -0.4 is 4.74 Å². The number of ether oxygens (including phenoxy) is 1. The number of rotatable bonds is 2. The maximum absolute atomic E-state index is 13.5. The van der Waals surface area contributed by atoms with Gasteiger partial charge in [0.1, 0.15) is 0 Å². The van der Waals surface area contributed by atoms with Crippen molar-refractivity contribution in [1.29, 1.82) is 0 Å². The van der Waals surface area contributed by atoms with Crippen molar-refractivity contribution >= 4 is 27.5 Å². The number of nitrogens with zero attached hydrogens (tertiary/aromatic N) is 2. The van der Waals surface area contributed by atoms with E-state index in [0.717, 1.165) is 12.1 Å². The van der Waals surface area contributed by atoms with Gasteiger partial charge in [-0.25, -0.2) is 9.37 Å². The summed E-state index contributed by atoms with van der Waals surface area (Å²) in [6.07, 6.45) is -4.79. The average Bonchev–Trinajstić information content (AvgIpc) is 2.33. The van der Waals surface area contributed by atoms with Crippen LogP contribution in [0.15, 0.2) is 22.7 Å². The van der Waals surface area contributed by atoms with Gasteiger partial charge in [-0.1, -0.05) is 15.9 Å². The van der Waals surface area contributed by atoms with E-state index in [1.165, 1.54) is 0 Å². The zero-order valence-corrected chi connectivity index (χ0v) is 12.0. The number of hydrogen-bond acceptors (Lipinski definition) is 3. The maximum atomic E-state index is 13.5. The summed E-state index contributed by atoms with van der Waals surface area (Å²) in [5, 5.41) is -0.740. The summed E-state index contributed by atoms with van der Waals surface area (Å²) in [6.45, 7) is 0. The SMILES string of the molecule is Fc1cc(Br)cc(Oc2cc(C(F)(F)F)nc(Cl)n2)c1F. The van der Waals surface area contributed by atoms with Crippen LogP contribution in [-0.2, 0) is 6.18 Å². The minimum absolute atomic E-state index is 0.132. The summed E-state index contributed by atoms with van der Waals surface area (Å²) >= 11 is 8.24. The molecule has 0 aliphatic rings. The van der Waals surface area contributed by atoms with Crippen LogP contribution in [0.5, 0.6) is 11.6 Å². The molecule has 0 saturated heterocycles. The Kier molecular flexibility index (Phi) is 4.33. The van der Waals surface area contributed by atoms with E-state index in [9.17, 15) is 22.0 Å². The molecular formula is C11H3BrClF5N2O. The van der Waals surface area contributed by atoms with Crippen molar-refractivity contribution < 1.29 is 26.7 Å². The third kappa shape index (κ3) is 3.79. The van der Waals surface area contributed by atoms with Gasteiger partial charge in [0, 0.05) is 10.5 Å².